The summed E-state index contributed by atoms with van der Waals surface area (Å²) in [5.41, 5.74) is 10.9. The first-order valence-electron chi connectivity index (χ1n) is 13.8. The highest BCUT2D eigenvalue weighted by Gasteiger charge is 2.35. The lowest BCUT2D eigenvalue weighted by molar-refractivity contribution is 0.491. The second-order valence-electron chi connectivity index (χ2n) is 16.0. The van der Waals surface area contributed by atoms with Crippen LogP contribution in [-0.2, 0) is 27.1 Å². The van der Waals surface area contributed by atoms with Crippen LogP contribution in [0.2, 0.25) is 0 Å². The van der Waals surface area contributed by atoms with Crippen LogP contribution in [0.4, 0.5) is 0 Å². The molecule has 0 N–H and O–H groups in total. The van der Waals surface area contributed by atoms with Crippen LogP contribution in [0.25, 0.3) is 0 Å². The van der Waals surface area contributed by atoms with Crippen molar-refractivity contribution in [2.24, 2.45) is 0 Å². The molecule has 0 spiro atoms. The van der Waals surface area contributed by atoms with E-state index in [0.717, 1.165) is 6.42 Å². The minimum Gasteiger partial charge on any atom is -0.0645 e. The monoisotopic (exact) mass is 476 g/mol. The summed E-state index contributed by atoms with van der Waals surface area (Å²) in [6.45, 7) is 37.9. The van der Waals surface area contributed by atoms with Gasteiger partial charge in [0.1, 0.15) is 0 Å². The molecule has 0 heterocycles. The van der Waals surface area contributed by atoms with Gasteiger partial charge in [0.25, 0.3) is 0 Å². The summed E-state index contributed by atoms with van der Waals surface area (Å²) in [5, 5.41) is 0. The molecule has 2 aromatic carbocycles. The molecular formula is C35H56. The molecule has 0 aliphatic rings. The molecule has 1 atom stereocenters. The summed E-state index contributed by atoms with van der Waals surface area (Å²) in [5.74, 6) is 0.378. The number of hydrogen-bond donors (Lipinski definition) is 0. The van der Waals surface area contributed by atoms with Gasteiger partial charge in [-0.1, -0.05) is 141 Å². The van der Waals surface area contributed by atoms with E-state index in [1.54, 1.807) is 11.1 Å². The Hall–Kier alpha value is -1.56. The number of rotatable bonds is 3. The first kappa shape index (κ1) is 29.7. The van der Waals surface area contributed by atoms with Crippen LogP contribution in [-0.4, -0.2) is 0 Å². The predicted molar refractivity (Wildman–Crippen MR) is 159 cm³/mol. The molecule has 2 aromatic rings. The minimum absolute atomic E-state index is 0.0567. The van der Waals surface area contributed by atoms with Crippen LogP contribution in [0, 0.1) is 0 Å². The molecule has 0 saturated heterocycles. The molecule has 0 aromatic heterocycles. The summed E-state index contributed by atoms with van der Waals surface area (Å²) in [4.78, 5) is 0. The SMILES string of the molecule is CCC(c1cc(C(C)(C)C)cc(C(C)(C)C)c1)c1ccc(C(C)(C)C)c(C(C)(C)C)c1C(C)(C)C. The van der Waals surface area contributed by atoms with Crippen LogP contribution in [0.5, 0.6) is 0 Å². The Morgan fingerprint density at radius 3 is 1.26 bits per heavy atom. The predicted octanol–water partition coefficient (Wildman–Crippen LogP) is 10.7. The molecule has 0 saturated carbocycles. The van der Waals surface area contributed by atoms with Gasteiger partial charge in [-0.05, 0) is 72.4 Å². The average Bonchev–Trinajstić information content (AvgIpc) is 2.64. The van der Waals surface area contributed by atoms with E-state index in [1.807, 2.05) is 0 Å². The second kappa shape index (κ2) is 9.39. The van der Waals surface area contributed by atoms with Crippen molar-refractivity contribution in [1.82, 2.24) is 0 Å². The van der Waals surface area contributed by atoms with Gasteiger partial charge in [-0.25, -0.2) is 0 Å². The summed E-state index contributed by atoms with van der Waals surface area (Å²) < 4.78 is 0. The smallest absolute Gasteiger partial charge is 0.00899 e. The summed E-state index contributed by atoms with van der Waals surface area (Å²) in [6, 6.07) is 12.4. The Morgan fingerprint density at radius 1 is 0.514 bits per heavy atom. The largest absolute Gasteiger partial charge is 0.0645 e. The molecule has 1 unspecified atom stereocenters. The minimum atomic E-state index is 0.0567. The van der Waals surface area contributed by atoms with Crippen molar-refractivity contribution in [2.75, 3.05) is 0 Å². The third-order valence-electron chi connectivity index (χ3n) is 7.42. The highest BCUT2D eigenvalue weighted by Crippen LogP contribution is 2.46. The molecule has 2 rings (SSSR count). The highest BCUT2D eigenvalue weighted by molar-refractivity contribution is 5.54. The maximum Gasteiger partial charge on any atom is 0.00899 e. The Balaban J connectivity index is 3.02. The van der Waals surface area contributed by atoms with Gasteiger partial charge in [-0.15, -0.1) is 0 Å². The maximum absolute atomic E-state index is 2.50. The van der Waals surface area contributed by atoms with Gasteiger partial charge in [0.2, 0.25) is 0 Å². The normalized spacial score (nSPS) is 14.9. The Bertz CT molecular complexity index is 996. The van der Waals surface area contributed by atoms with Gasteiger partial charge >= 0.3 is 0 Å². The zero-order valence-corrected chi connectivity index (χ0v) is 26.2. The van der Waals surface area contributed by atoms with Gasteiger partial charge < -0.3 is 0 Å². The van der Waals surface area contributed by atoms with Crippen molar-refractivity contribution >= 4 is 0 Å². The van der Waals surface area contributed by atoms with Crippen molar-refractivity contribution in [2.45, 2.75) is 150 Å². The molecule has 0 heteroatoms. The summed E-state index contributed by atoms with van der Waals surface area (Å²) >= 11 is 0. The Morgan fingerprint density at radius 2 is 0.943 bits per heavy atom. The molecule has 196 valence electrons. The van der Waals surface area contributed by atoms with E-state index in [4.69, 9.17) is 0 Å². The fourth-order valence-electron chi connectivity index (χ4n) is 5.48. The molecular weight excluding hydrogens is 420 g/mol. The van der Waals surface area contributed by atoms with Crippen molar-refractivity contribution in [3.8, 4) is 0 Å². The summed E-state index contributed by atoms with van der Waals surface area (Å²) in [7, 11) is 0. The standard InChI is InChI=1S/C35H56/c1-17-26(23-20-24(31(2,3)4)22-25(21-23)32(5,6)7)27-18-19-28(33(8,9)10)30(35(14,15)16)29(27)34(11,12)13/h18-22,26H,17H2,1-16H3. The fraction of sp³-hybridized carbons (Fsp3) is 0.657. The van der Waals surface area contributed by atoms with Crippen LogP contribution >= 0.6 is 0 Å². The third-order valence-corrected chi connectivity index (χ3v) is 7.42. The first-order chi connectivity index (χ1) is 15.5. The van der Waals surface area contributed by atoms with E-state index in [-0.39, 0.29) is 27.1 Å². The van der Waals surface area contributed by atoms with E-state index >= 15 is 0 Å². The highest BCUT2D eigenvalue weighted by atomic mass is 14.4. The Labute approximate surface area is 219 Å². The lowest BCUT2D eigenvalue weighted by atomic mass is 9.65. The van der Waals surface area contributed by atoms with Crippen molar-refractivity contribution in [3.63, 3.8) is 0 Å². The molecule has 0 amide bonds. The van der Waals surface area contributed by atoms with Gasteiger partial charge in [-0.2, -0.15) is 0 Å². The van der Waals surface area contributed by atoms with E-state index in [1.165, 1.54) is 27.8 Å². The van der Waals surface area contributed by atoms with Crippen LogP contribution in [0.1, 0.15) is 162 Å². The van der Waals surface area contributed by atoms with E-state index in [9.17, 15) is 0 Å². The zero-order valence-electron chi connectivity index (χ0n) is 26.2. The van der Waals surface area contributed by atoms with Gasteiger partial charge in [0.05, 0.1) is 0 Å². The van der Waals surface area contributed by atoms with Gasteiger partial charge in [0.15, 0.2) is 0 Å². The van der Waals surface area contributed by atoms with Crippen LogP contribution in [0.3, 0.4) is 0 Å². The van der Waals surface area contributed by atoms with Crippen molar-refractivity contribution in [3.05, 3.63) is 69.3 Å². The quantitative estimate of drug-likeness (QED) is 0.413. The number of hydrogen-bond acceptors (Lipinski definition) is 0. The first-order valence-corrected chi connectivity index (χ1v) is 13.8. The molecule has 0 aliphatic carbocycles. The molecule has 0 fully saturated rings. The third kappa shape index (κ3) is 6.61. The van der Waals surface area contributed by atoms with Crippen molar-refractivity contribution < 1.29 is 0 Å². The maximum atomic E-state index is 2.50. The summed E-state index contributed by atoms with van der Waals surface area (Å²) in [6.07, 6.45) is 1.10. The topological polar surface area (TPSA) is 0 Å². The van der Waals surface area contributed by atoms with E-state index in [0.29, 0.717) is 5.92 Å². The van der Waals surface area contributed by atoms with Crippen molar-refractivity contribution in [1.29, 1.82) is 0 Å². The Kier molecular flexibility index (Phi) is 7.96. The second-order valence-corrected chi connectivity index (χ2v) is 16.0. The van der Waals surface area contributed by atoms with Gasteiger partial charge in [-0.3, -0.25) is 0 Å². The number of benzene rings is 2. The molecule has 0 radical (unpaired) electrons. The van der Waals surface area contributed by atoms with E-state index in [2.05, 4.69) is 141 Å². The van der Waals surface area contributed by atoms with Crippen LogP contribution < -0.4 is 0 Å². The molecule has 0 nitrogen and oxygen atoms in total. The fourth-order valence-corrected chi connectivity index (χ4v) is 5.48. The molecule has 0 aliphatic heterocycles. The molecule has 35 heavy (non-hydrogen) atoms. The lowest BCUT2D eigenvalue weighted by Gasteiger charge is -2.39. The van der Waals surface area contributed by atoms with Crippen LogP contribution in [0.15, 0.2) is 30.3 Å². The average molecular weight is 477 g/mol. The zero-order chi connectivity index (χ0) is 27.4. The lowest BCUT2D eigenvalue weighted by Crippen LogP contribution is -2.30. The van der Waals surface area contributed by atoms with Gasteiger partial charge in [0, 0.05) is 5.92 Å². The van der Waals surface area contributed by atoms with E-state index < -0.39 is 0 Å². The molecule has 0 bridgehead atoms.